The van der Waals surface area contributed by atoms with Crippen LogP contribution in [0.5, 0.6) is 5.75 Å². The molecule has 0 saturated carbocycles. The van der Waals surface area contributed by atoms with Gasteiger partial charge in [-0.25, -0.2) is 0 Å². The predicted octanol–water partition coefficient (Wildman–Crippen LogP) is 3.81. The van der Waals surface area contributed by atoms with Gasteiger partial charge >= 0.3 is 12.8 Å². The van der Waals surface area contributed by atoms with Crippen molar-refractivity contribution >= 4 is 21.7 Å². The molecule has 1 aromatic rings. The number of rotatable bonds is 5. The van der Waals surface area contributed by atoms with Crippen molar-refractivity contribution in [1.82, 2.24) is 0 Å². The Hall–Kier alpha value is -1.18. The summed E-state index contributed by atoms with van der Waals surface area (Å²) < 4.78 is 65.8. The highest BCUT2D eigenvalue weighted by Crippen LogP contribution is 2.33. The molecular formula is C11H8BrF5O2. The SMILES string of the molecule is O=C(CBr)Cc1cc(C(F)(F)F)ccc1OC(F)F. The monoisotopic (exact) mass is 346 g/mol. The maximum absolute atomic E-state index is 12.5. The number of ketones is 1. The quantitative estimate of drug-likeness (QED) is 0.598. The van der Waals surface area contributed by atoms with Crippen molar-refractivity contribution in [3.05, 3.63) is 29.3 Å². The number of halogens is 6. The number of carbonyl (C=O) groups is 1. The van der Waals surface area contributed by atoms with Gasteiger partial charge in [-0.3, -0.25) is 4.79 Å². The molecule has 0 N–H and O–H groups in total. The molecule has 8 heteroatoms. The molecule has 1 rings (SSSR count). The van der Waals surface area contributed by atoms with Gasteiger partial charge in [0.25, 0.3) is 0 Å². The standard InChI is InChI=1S/C11H8BrF5O2/c12-5-8(18)4-6-3-7(11(15,16)17)1-2-9(6)19-10(13)14/h1-3,10H,4-5H2. The number of Topliss-reactive ketones (excluding diaryl/α,β-unsaturated/α-hetero) is 1. The summed E-state index contributed by atoms with van der Waals surface area (Å²) in [6.45, 7) is -3.17. The molecule has 0 heterocycles. The lowest BCUT2D eigenvalue weighted by atomic mass is 10.0. The van der Waals surface area contributed by atoms with Crippen LogP contribution in [-0.2, 0) is 17.4 Å². The molecule has 19 heavy (non-hydrogen) atoms. The molecule has 106 valence electrons. The lowest BCUT2D eigenvalue weighted by Crippen LogP contribution is -2.12. The van der Waals surface area contributed by atoms with Gasteiger partial charge in [0.1, 0.15) is 11.5 Å². The lowest BCUT2D eigenvalue weighted by molar-refractivity contribution is -0.137. The van der Waals surface area contributed by atoms with Gasteiger partial charge in [0.15, 0.2) is 0 Å². The van der Waals surface area contributed by atoms with Crippen molar-refractivity contribution in [3.8, 4) is 5.75 Å². The van der Waals surface area contributed by atoms with Crippen molar-refractivity contribution in [1.29, 1.82) is 0 Å². The zero-order chi connectivity index (χ0) is 14.6. The first-order valence-electron chi connectivity index (χ1n) is 4.96. The highest BCUT2D eigenvalue weighted by Gasteiger charge is 2.31. The molecule has 0 radical (unpaired) electrons. The van der Waals surface area contributed by atoms with Gasteiger partial charge in [0.05, 0.1) is 10.9 Å². The summed E-state index contributed by atoms with van der Waals surface area (Å²) in [5.41, 5.74) is -1.24. The van der Waals surface area contributed by atoms with E-state index in [-0.39, 0.29) is 10.9 Å². The Balaban J connectivity index is 3.14. The van der Waals surface area contributed by atoms with Gasteiger partial charge in [0, 0.05) is 12.0 Å². The molecule has 2 nitrogen and oxygen atoms in total. The van der Waals surface area contributed by atoms with Crippen molar-refractivity contribution in [2.24, 2.45) is 0 Å². The summed E-state index contributed by atoms with van der Waals surface area (Å²) in [4.78, 5) is 11.2. The number of alkyl halides is 6. The third-order valence-electron chi connectivity index (χ3n) is 2.14. The largest absolute Gasteiger partial charge is 0.435 e. The highest BCUT2D eigenvalue weighted by atomic mass is 79.9. The van der Waals surface area contributed by atoms with Gasteiger partial charge in [-0.15, -0.1) is 0 Å². The Morgan fingerprint density at radius 2 is 1.95 bits per heavy atom. The van der Waals surface area contributed by atoms with Crippen LogP contribution in [0.3, 0.4) is 0 Å². The molecule has 0 aliphatic heterocycles. The molecular weight excluding hydrogens is 339 g/mol. The molecule has 0 aliphatic carbocycles. The maximum Gasteiger partial charge on any atom is 0.416 e. The van der Waals surface area contributed by atoms with E-state index in [1.54, 1.807) is 0 Å². The second-order valence-electron chi connectivity index (χ2n) is 3.55. The molecule has 0 amide bonds. The number of carbonyl (C=O) groups excluding carboxylic acids is 1. The molecule has 0 aliphatic rings. The minimum atomic E-state index is -4.62. The third kappa shape index (κ3) is 4.77. The van der Waals surface area contributed by atoms with Crippen LogP contribution in [0.4, 0.5) is 22.0 Å². The molecule has 0 saturated heterocycles. The number of ether oxygens (including phenoxy) is 1. The number of hydrogen-bond acceptors (Lipinski definition) is 2. The lowest BCUT2D eigenvalue weighted by Gasteiger charge is -2.13. The van der Waals surface area contributed by atoms with E-state index in [0.29, 0.717) is 12.1 Å². The average Bonchev–Trinajstić information content (AvgIpc) is 2.29. The van der Waals surface area contributed by atoms with E-state index in [9.17, 15) is 26.7 Å². The number of hydrogen-bond donors (Lipinski definition) is 0. The van der Waals surface area contributed by atoms with Crippen LogP contribution in [0.25, 0.3) is 0 Å². The smallest absolute Gasteiger partial charge is 0.416 e. The van der Waals surface area contributed by atoms with Crippen molar-refractivity contribution < 1.29 is 31.5 Å². The normalized spacial score (nSPS) is 11.7. The second-order valence-corrected chi connectivity index (χ2v) is 4.11. The third-order valence-corrected chi connectivity index (χ3v) is 2.77. The van der Waals surface area contributed by atoms with E-state index in [2.05, 4.69) is 20.7 Å². The fourth-order valence-electron chi connectivity index (χ4n) is 1.36. The van der Waals surface area contributed by atoms with Crippen LogP contribution in [0.2, 0.25) is 0 Å². The van der Waals surface area contributed by atoms with E-state index < -0.39 is 36.3 Å². The zero-order valence-electron chi connectivity index (χ0n) is 9.31. The Kier molecular flexibility index (Phi) is 5.28. The van der Waals surface area contributed by atoms with Gasteiger partial charge in [-0.05, 0) is 18.2 Å². The van der Waals surface area contributed by atoms with Crippen LogP contribution in [0.15, 0.2) is 18.2 Å². The van der Waals surface area contributed by atoms with E-state index in [0.717, 1.165) is 6.07 Å². The van der Waals surface area contributed by atoms with E-state index in [1.165, 1.54) is 0 Å². The van der Waals surface area contributed by atoms with Crippen LogP contribution in [0, 0.1) is 0 Å². The van der Waals surface area contributed by atoms with E-state index >= 15 is 0 Å². The topological polar surface area (TPSA) is 26.3 Å². The van der Waals surface area contributed by atoms with Gasteiger partial charge in [-0.2, -0.15) is 22.0 Å². The van der Waals surface area contributed by atoms with Gasteiger partial charge in [-0.1, -0.05) is 15.9 Å². The fourth-order valence-corrected chi connectivity index (χ4v) is 1.56. The van der Waals surface area contributed by atoms with Crippen molar-refractivity contribution in [3.63, 3.8) is 0 Å². The molecule has 1 aromatic carbocycles. The summed E-state index contributed by atoms with van der Waals surface area (Å²) >= 11 is 2.84. The Morgan fingerprint density at radius 3 is 2.42 bits per heavy atom. The van der Waals surface area contributed by atoms with Crippen LogP contribution in [-0.4, -0.2) is 17.7 Å². The molecule has 0 spiro atoms. The Bertz CT molecular complexity index is 459. The number of benzene rings is 1. The fraction of sp³-hybridized carbons (Fsp3) is 0.364. The Morgan fingerprint density at radius 1 is 1.32 bits per heavy atom. The average molecular weight is 347 g/mol. The first-order chi connectivity index (χ1) is 8.74. The van der Waals surface area contributed by atoms with Gasteiger partial charge < -0.3 is 4.74 Å². The molecule has 0 atom stereocenters. The molecule has 0 fully saturated rings. The minimum Gasteiger partial charge on any atom is -0.435 e. The van der Waals surface area contributed by atoms with Gasteiger partial charge in [0.2, 0.25) is 0 Å². The highest BCUT2D eigenvalue weighted by molar-refractivity contribution is 9.09. The van der Waals surface area contributed by atoms with Crippen molar-refractivity contribution in [2.75, 3.05) is 5.33 Å². The molecule has 0 bridgehead atoms. The summed E-state index contributed by atoms with van der Waals surface area (Å²) in [6.07, 6.45) is -5.03. The predicted molar refractivity (Wildman–Crippen MR) is 60.6 cm³/mol. The summed E-state index contributed by atoms with van der Waals surface area (Å²) in [6, 6.07) is 2.05. The van der Waals surface area contributed by atoms with E-state index in [1.807, 2.05) is 0 Å². The first kappa shape index (κ1) is 15.9. The van der Waals surface area contributed by atoms with Crippen LogP contribution < -0.4 is 4.74 Å². The maximum atomic E-state index is 12.5. The Labute approximate surface area is 113 Å². The molecule has 0 unspecified atom stereocenters. The van der Waals surface area contributed by atoms with Crippen LogP contribution in [0.1, 0.15) is 11.1 Å². The van der Waals surface area contributed by atoms with E-state index in [4.69, 9.17) is 0 Å². The summed E-state index contributed by atoms with van der Waals surface area (Å²) in [7, 11) is 0. The second kappa shape index (κ2) is 6.31. The van der Waals surface area contributed by atoms with Crippen LogP contribution >= 0.6 is 15.9 Å². The minimum absolute atomic E-state index is 0.0859. The molecule has 0 aromatic heterocycles. The summed E-state index contributed by atoms with van der Waals surface area (Å²) in [5.74, 6) is -0.879. The zero-order valence-corrected chi connectivity index (χ0v) is 10.9. The summed E-state index contributed by atoms with van der Waals surface area (Å²) in [5, 5.41) is -0.0859. The van der Waals surface area contributed by atoms with Crippen molar-refractivity contribution in [2.45, 2.75) is 19.2 Å². The first-order valence-corrected chi connectivity index (χ1v) is 6.08.